The summed E-state index contributed by atoms with van der Waals surface area (Å²) >= 11 is 0. The summed E-state index contributed by atoms with van der Waals surface area (Å²) in [6.45, 7) is 3.41. The number of carbonyl (C=O) groups is 1. The van der Waals surface area contributed by atoms with Crippen molar-refractivity contribution in [1.82, 2.24) is 19.5 Å². The second-order valence-corrected chi connectivity index (χ2v) is 6.58. The molecule has 0 aliphatic carbocycles. The molecule has 2 aromatic carbocycles. The molecule has 2 N–H and O–H groups in total. The third-order valence-corrected chi connectivity index (χ3v) is 4.57. The molecule has 28 heavy (non-hydrogen) atoms. The Morgan fingerprint density at radius 2 is 1.93 bits per heavy atom. The molecule has 2 heterocycles. The molecule has 1 amide bonds. The molecule has 0 bridgehead atoms. The Balaban J connectivity index is 1.81. The van der Waals surface area contributed by atoms with Gasteiger partial charge in [0.05, 0.1) is 17.9 Å². The number of nitrogens with zero attached hydrogens (tertiary/aromatic N) is 3. The maximum atomic E-state index is 12.6. The van der Waals surface area contributed by atoms with Gasteiger partial charge in [-0.05, 0) is 24.6 Å². The molecule has 7 heteroatoms. The van der Waals surface area contributed by atoms with Crippen molar-refractivity contribution < 1.29 is 4.79 Å². The molecule has 0 spiro atoms. The van der Waals surface area contributed by atoms with E-state index in [1.54, 1.807) is 16.8 Å². The number of carbonyl (C=O) groups excluding carboxylic acids is 1. The maximum absolute atomic E-state index is 12.6. The van der Waals surface area contributed by atoms with Gasteiger partial charge in [-0.1, -0.05) is 42.5 Å². The van der Waals surface area contributed by atoms with Crippen LogP contribution in [0.15, 0.2) is 65.6 Å². The lowest BCUT2D eigenvalue weighted by Gasteiger charge is -2.13. The van der Waals surface area contributed by atoms with E-state index in [4.69, 9.17) is 0 Å². The van der Waals surface area contributed by atoms with E-state index in [0.717, 1.165) is 11.1 Å². The van der Waals surface area contributed by atoms with Crippen LogP contribution in [0.25, 0.3) is 22.6 Å². The number of fused-ring (bicyclic) bond motifs is 1. The highest BCUT2D eigenvalue weighted by Crippen LogP contribution is 2.24. The zero-order valence-electron chi connectivity index (χ0n) is 15.5. The summed E-state index contributed by atoms with van der Waals surface area (Å²) in [4.78, 5) is 35.7. The van der Waals surface area contributed by atoms with Crippen LogP contribution in [0, 0.1) is 0 Å². The van der Waals surface area contributed by atoms with Crippen molar-refractivity contribution in [2.45, 2.75) is 19.9 Å². The summed E-state index contributed by atoms with van der Waals surface area (Å²) in [5.41, 5.74) is 3.77. The van der Waals surface area contributed by atoms with Gasteiger partial charge in [-0.15, -0.1) is 0 Å². The first-order valence-electron chi connectivity index (χ1n) is 8.93. The van der Waals surface area contributed by atoms with E-state index in [-0.39, 0.29) is 17.6 Å². The topological polar surface area (TPSA) is 92.7 Å². The number of hydrogen-bond acceptors (Lipinski definition) is 4. The van der Waals surface area contributed by atoms with Crippen molar-refractivity contribution >= 4 is 22.9 Å². The molecule has 4 rings (SSSR count). The van der Waals surface area contributed by atoms with Crippen LogP contribution >= 0.6 is 0 Å². The molecule has 1 atom stereocenters. The minimum atomic E-state index is -0.254. The summed E-state index contributed by atoms with van der Waals surface area (Å²) in [7, 11) is 0. The predicted octanol–water partition coefficient (Wildman–Crippen LogP) is 3.35. The number of H-pyrrole nitrogens is 1. The normalized spacial score (nSPS) is 12.1. The van der Waals surface area contributed by atoms with E-state index in [0.29, 0.717) is 22.7 Å². The standard InChI is InChI=1S/C21H19N5O2/c1-13(15-7-4-3-5-8-15)26-20-19(25-21(26)28)22-12-18(24-20)16-9-6-10-17(11-16)23-14(2)27/h3-13H,1-2H3,(H,23,27)(H,22,25,28)/t13-/m1/s1. The number of amides is 1. The quantitative estimate of drug-likeness (QED) is 0.574. The van der Waals surface area contributed by atoms with E-state index in [2.05, 4.69) is 20.3 Å². The number of anilines is 1. The molecular formula is C21H19N5O2. The minimum absolute atomic E-state index is 0.144. The SMILES string of the molecule is CC(=O)Nc1cccc(-c2cnc3[nH]c(=O)n([C@H](C)c4ccccc4)c3n2)c1. The van der Waals surface area contributed by atoms with Gasteiger partial charge in [0.25, 0.3) is 0 Å². The first-order chi connectivity index (χ1) is 13.5. The fourth-order valence-corrected chi connectivity index (χ4v) is 3.23. The first kappa shape index (κ1) is 17.7. The van der Waals surface area contributed by atoms with Gasteiger partial charge in [0.2, 0.25) is 5.91 Å². The monoisotopic (exact) mass is 373 g/mol. The van der Waals surface area contributed by atoms with E-state index >= 15 is 0 Å². The number of aromatic nitrogens is 4. The van der Waals surface area contributed by atoms with Crippen LogP contribution in [0.3, 0.4) is 0 Å². The summed E-state index contributed by atoms with van der Waals surface area (Å²) in [6.07, 6.45) is 1.61. The lowest BCUT2D eigenvalue weighted by atomic mass is 10.1. The molecule has 0 saturated carbocycles. The van der Waals surface area contributed by atoms with E-state index < -0.39 is 0 Å². The lowest BCUT2D eigenvalue weighted by Crippen LogP contribution is -2.21. The Kier molecular flexibility index (Phi) is 4.49. The molecule has 140 valence electrons. The second kappa shape index (κ2) is 7.11. The number of nitrogens with one attached hydrogen (secondary N) is 2. The van der Waals surface area contributed by atoms with Crippen molar-refractivity contribution in [2.75, 3.05) is 5.32 Å². The van der Waals surface area contributed by atoms with Gasteiger partial charge in [-0.3, -0.25) is 14.3 Å². The Labute approximate surface area is 161 Å². The summed E-state index contributed by atoms with van der Waals surface area (Å²) in [5.74, 6) is -0.144. The number of benzene rings is 2. The fraction of sp³-hybridized carbons (Fsp3) is 0.143. The number of aromatic amines is 1. The van der Waals surface area contributed by atoms with Crippen LogP contribution in [-0.2, 0) is 4.79 Å². The highest BCUT2D eigenvalue weighted by molar-refractivity contribution is 5.89. The molecule has 0 aliphatic heterocycles. The van der Waals surface area contributed by atoms with E-state index in [1.165, 1.54) is 6.92 Å². The summed E-state index contributed by atoms with van der Waals surface area (Å²) in [5, 5.41) is 2.76. The van der Waals surface area contributed by atoms with Crippen molar-refractivity contribution in [3.63, 3.8) is 0 Å². The molecule has 0 saturated heterocycles. The van der Waals surface area contributed by atoms with Gasteiger partial charge in [-0.2, -0.15) is 0 Å². The van der Waals surface area contributed by atoms with Gasteiger partial charge in [0, 0.05) is 18.2 Å². The molecule has 0 aliphatic rings. The van der Waals surface area contributed by atoms with Crippen LogP contribution < -0.4 is 11.0 Å². The molecule has 0 fully saturated rings. The highest BCUT2D eigenvalue weighted by Gasteiger charge is 2.17. The van der Waals surface area contributed by atoms with Gasteiger partial charge in [-0.25, -0.2) is 14.8 Å². The second-order valence-electron chi connectivity index (χ2n) is 6.58. The predicted molar refractivity (Wildman–Crippen MR) is 108 cm³/mol. The van der Waals surface area contributed by atoms with Crippen molar-refractivity contribution in [3.05, 3.63) is 76.8 Å². The fourth-order valence-electron chi connectivity index (χ4n) is 3.23. The van der Waals surface area contributed by atoms with Gasteiger partial charge < -0.3 is 5.32 Å². The van der Waals surface area contributed by atoms with Crippen molar-refractivity contribution in [1.29, 1.82) is 0 Å². The summed E-state index contributed by atoms with van der Waals surface area (Å²) < 4.78 is 1.61. The van der Waals surface area contributed by atoms with Crippen molar-refractivity contribution in [3.8, 4) is 11.3 Å². The zero-order chi connectivity index (χ0) is 19.7. The molecule has 2 aromatic heterocycles. The van der Waals surface area contributed by atoms with Crippen LogP contribution in [0.4, 0.5) is 5.69 Å². The molecule has 0 unspecified atom stereocenters. The van der Waals surface area contributed by atoms with Crippen LogP contribution in [-0.4, -0.2) is 25.4 Å². The van der Waals surface area contributed by atoms with E-state index in [1.807, 2.05) is 55.5 Å². The first-order valence-corrected chi connectivity index (χ1v) is 8.93. The van der Waals surface area contributed by atoms with Crippen LogP contribution in [0.1, 0.15) is 25.5 Å². The zero-order valence-corrected chi connectivity index (χ0v) is 15.5. The summed E-state index contributed by atoms with van der Waals surface area (Å²) in [6, 6.07) is 16.9. The van der Waals surface area contributed by atoms with Gasteiger partial charge in [0.1, 0.15) is 0 Å². The largest absolute Gasteiger partial charge is 0.329 e. The smallest absolute Gasteiger partial charge is 0.326 e. The number of rotatable bonds is 4. The Hall–Kier alpha value is -3.74. The molecule has 4 aromatic rings. The average Bonchev–Trinajstić information content (AvgIpc) is 3.02. The molecule has 7 nitrogen and oxygen atoms in total. The maximum Gasteiger partial charge on any atom is 0.329 e. The molecule has 0 radical (unpaired) electrons. The highest BCUT2D eigenvalue weighted by atomic mass is 16.1. The third-order valence-electron chi connectivity index (χ3n) is 4.57. The Morgan fingerprint density at radius 3 is 2.68 bits per heavy atom. The van der Waals surface area contributed by atoms with Gasteiger partial charge in [0.15, 0.2) is 11.3 Å². The van der Waals surface area contributed by atoms with Crippen LogP contribution in [0.5, 0.6) is 0 Å². The van der Waals surface area contributed by atoms with Gasteiger partial charge >= 0.3 is 5.69 Å². The Bertz CT molecular complexity index is 1210. The average molecular weight is 373 g/mol. The number of hydrogen-bond donors (Lipinski definition) is 2. The minimum Gasteiger partial charge on any atom is -0.326 e. The lowest BCUT2D eigenvalue weighted by molar-refractivity contribution is -0.114. The van der Waals surface area contributed by atoms with Crippen molar-refractivity contribution in [2.24, 2.45) is 0 Å². The Morgan fingerprint density at radius 1 is 1.14 bits per heavy atom. The molecular weight excluding hydrogens is 354 g/mol. The van der Waals surface area contributed by atoms with E-state index in [9.17, 15) is 9.59 Å². The van der Waals surface area contributed by atoms with Crippen LogP contribution in [0.2, 0.25) is 0 Å². The number of imidazole rings is 1. The third kappa shape index (κ3) is 3.29.